The average Bonchev–Trinajstić information content (AvgIpc) is 3.25. The van der Waals surface area contributed by atoms with Crippen LogP contribution >= 0.6 is 11.8 Å². The molecule has 4 aromatic rings. The van der Waals surface area contributed by atoms with Gasteiger partial charge in [0.25, 0.3) is 0 Å². The first-order chi connectivity index (χ1) is 13.1. The fraction of sp³-hybridized carbons (Fsp3) is 0.0526. The van der Waals surface area contributed by atoms with Gasteiger partial charge in [0.05, 0.1) is 29.0 Å². The number of nitrogen functional groups attached to an aromatic ring is 1. The maximum atomic E-state index is 9.45. The van der Waals surface area contributed by atoms with E-state index in [2.05, 4.69) is 22.3 Å². The van der Waals surface area contributed by atoms with Gasteiger partial charge in [-0.05, 0) is 18.2 Å². The monoisotopic (exact) mass is 371 g/mol. The number of aryl methyl sites for hydroxylation is 1. The Morgan fingerprint density at radius 3 is 2.52 bits per heavy atom. The second-order valence-electron chi connectivity index (χ2n) is 5.83. The van der Waals surface area contributed by atoms with Crippen molar-refractivity contribution in [3.8, 4) is 23.3 Å². The third kappa shape index (κ3) is 2.78. The molecular weight excluding hydrogens is 358 g/mol. The number of hydrogen-bond acceptors (Lipinski definition) is 6. The van der Waals surface area contributed by atoms with Crippen molar-refractivity contribution in [2.24, 2.45) is 7.05 Å². The molecule has 0 aliphatic carbocycles. The first-order valence-corrected chi connectivity index (χ1v) is 8.80. The Labute approximate surface area is 159 Å². The molecule has 0 aliphatic heterocycles. The van der Waals surface area contributed by atoms with Gasteiger partial charge in [0.15, 0.2) is 0 Å². The van der Waals surface area contributed by atoms with Crippen molar-refractivity contribution < 1.29 is 0 Å². The summed E-state index contributed by atoms with van der Waals surface area (Å²) in [5, 5.41) is 27.3. The summed E-state index contributed by atoms with van der Waals surface area (Å²) in [5.41, 5.74) is 9.48. The van der Waals surface area contributed by atoms with E-state index in [4.69, 9.17) is 5.73 Å². The van der Waals surface area contributed by atoms with E-state index in [0.717, 1.165) is 20.9 Å². The number of aromatic nitrogens is 4. The number of nitriles is 2. The predicted molar refractivity (Wildman–Crippen MR) is 102 cm³/mol. The molecule has 4 rings (SSSR count). The van der Waals surface area contributed by atoms with E-state index < -0.39 is 0 Å². The number of fused-ring (bicyclic) bond motifs is 1. The molecule has 0 fully saturated rings. The number of nitrogens with zero attached hydrogens (tertiary/aromatic N) is 6. The third-order valence-corrected chi connectivity index (χ3v) is 5.33. The summed E-state index contributed by atoms with van der Waals surface area (Å²) < 4.78 is 3.26. The van der Waals surface area contributed by atoms with Crippen LogP contribution in [0.25, 0.3) is 16.6 Å². The van der Waals surface area contributed by atoms with Gasteiger partial charge in [-0.2, -0.15) is 20.7 Å². The number of rotatable bonds is 3. The van der Waals surface area contributed by atoms with E-state index in [0.29, 0.717) is 22.5 Å². The van der Waals surface area contributed by atoms with Crippen LogP contribution in [-0.2, 0) is 7.05 Å². The molecule has 0 saturated heterocycles. The van der Waals surface area contributed by atoms with Gasteiger partial charge in [-0.25, -0.2) is 4.52 Å². The Morgan fingerprint density at radius 2 is 1.81 bits per heavy atom. The number of nitrogens with two attached hydrogens (primary N) is 1. The lowest BCUT2D eigenvalue weighted by atomic mass is 10.1. The summed E-state index contributed by atoms with van der Waals surface area (Å²) in [4.78, 5) is 1.62. The molecule has 0 radical (unpaired) electrons. The highest BCUT2D eigenvalue weighted by Gasteiger charge is 2.16. The fourth-order valence-corrected chi connectivity index (χ4v) is 3.92. The third-order valence-electron chi connectivity index (χ3n) is 4.22. The minimum atomic E-state index is 0.470. The van der Waals surface area contributed by atoms with Crippen molar-refractivity contribution in [3.05, 3.63) is 60.0 Å². The Hall–Kier alpha value is -3.75. The van der Waals surface area contributed by atoms with Crippen molar-refractivity contribution in [1.82, 2.24) is 19.4 Å². The Kier molecular flexibility index (Phi) is 4.03. The zero-order valence-corrected chi connectivity index (χ0v) is 15.1. The van der Waals surface area contributed by atoms with Crippen LogP contribution in [0.2, 0.25) is 0 Å². The quantitative estimate of drug-likeness (QED) is 0.592. The van der Waals surface area contributed by atoms with Crippen LogP contribution in [0.15, 0.2) is 58.7 Å². The molecule has 0 saturated carbocycles. The van der Waals surface area contributed by atoms with Crippen LogP contribution in [-0.4, -0.2) is 19.4 Å². The molecular formula is C19H13N7S. The largest absolute Gasteiger partial charge is 0.383 e. The van der Waals surface area contributed by atoms with Gasteiger partial charge in [-0.1, -0.05) is 23.9 Å². The molecule has 8 heteroatoms. The molecule has 0 unspecified atom stereocenters. The average molecular weight is 371 g/mol. The number of anilines is 1. The lowest BCUT2D eigenvalue weighted by molar-refractivity contribution is 0.779. The van der Waals surface area contributed by atoms with Gasteiger partial charge in [0.2, 0.25) is 0 Å². The van der Waals surface area contributed by atoms with Gasteiger partial charge >= 0.3 is 0 Å². The van der Waals surface area contributed by atoms with E-state index in [-0.39, 0.29) is 0 Å². The van der Waals surface area contributed by atoms with Crippen molar-refractivity contribution in [1.29, 1.82) is 10.5 Å². The van der Waals surface area contributed by atoms with Crippen molar-refractivity contribution in [3.63, 3.8) is 0 Å². The van der Waals surface area contributed by atoms with E-state index in [9.17, 15) is 10.5 Å². The Balaban J connectivity index is 1.94. The molecule has 0 spiro atoms. The van der Waals surface area contributed by atoms with Crippen LogP contribution in [0.5, 0.6) is 0 Å². The topological polar surface area (TPSA) is 109 Å². The van der Waals surface area contributed by atoms with Crippen molar-refractivity contribution in [2.45, 2.75) is 9.79 Å². The van der Waals surface area contributed by atoms with Gasteiger partial charge < -0.3 is 5.73 Å². The minimum absolute atomic E-state index is 0.470. The van der Waals surface area contributed by atoms with Crippen molar-refractivity contribution in [2.75, 3.05) is 5.73 Å². The van der Waals surface area contributed by atoms with Gasteiger partial charge in [0, 0.05) is 34.2 Å². The summed E-state index contributed by atoms with van der Waals surface area (Å²) in [6.45, 7) is 0. The summed E-state index contributed by atoms with van der Waals surface area (Å²) in [6.07, 6.45) is 5.05. The van der Waals surface area contributed by atoms with Crippen LogP contribution < -0.4 is 5.73 Å². The number of benzene rings is 1. The lowest BCUT2D eigenvalue weighted by Crippen LogP contribution is -1.99. The van der Waals surface area contributed by atoms with Crippen molar-refractivity contribution >= 4 is 23.1 Å². The molecule has 0 atom stereocenters. The molecule has 0 aliphatic rings. The maximum absolute atomic E-state index is 9.45. The standard InChI is InChI=1S/C19H13N7S/c1-25-19(22)15(10-23-25)13-6-17(18-14(8-21)9-24-26(18)11-13)27-16-5-3-2-4-12(16)7-20/h2-6,9-11H,22H2,1H3. The molecule has 27 heavy (non-hydrogen) atoms. The van der Waals surface area contributed by atoms with Crippen LogP contribution in [0.3, 0.4) is 0 Å². The van der Waals surface area contributed by atoms with E-state index in [1.165, 1.54) is 18.0 Å². The zero-order valence-electron chi connectivity index (χ0n) is 14.3. The highest BCUT2D eigenvalue weighted by molar-refractivity contribution is 7.99. The fourth-order valence-electron chi connectivity index (χ4n) is 2.83. The normalized spacial score (nSPS) is 10.6. The van der Waals surface area contributed by atoms with Gasteiger partial charge in [-0.3, -0.25) is 4.68 Å². The molecule has 2 N–H and O–H groups in total. The first-order valence-electron chi connectivity index (χ1n) is 7.98. The number of hydrogen-bond donors (Lipinski definition) is 1. The van der Waals surface area contributed by atoms with Gasteiger partial charge in [-0.15, -0.1) is 0 Å². The summed E-state index contributed by atoms with van der Waals surface area (Å²) in [5.74, 6) is 0.537. The molecule has 1 aromatic carbocycles. The van der Waals surface area contributed by atoms with Gasteiger partial charge in [0.1, 0.15) is 18.0 Å². The molecule has 7 nitrogen and oxygen atoms in total. The zero-order chi connectivity index (χ0) is 19.0. The summed E-state index contributed by atoms with van der Waals surface area (Å²) in [6, 6.07) is 13.7. The molecule has 3 aromatic heterocycles. The van der Waals surface area contributed by atoms with Crippen LogP contribution in [0.1, 0.15) is 11.1 Å². The Morgan fingerprint density at radius 1 is 1.04 bits per heavy atom. The molecule has 3 heterocycles. The first kappa shape index (κ1) is 16.7. The van der Waals surface area contributed by atoms with E-state index in [1.54, 1.807) is 28.5 Å². The molecule has 130 valence electrons. The lowest BCUT2D eigenvalue weighted by Gasteiger charge is -2.09. The second-order valence-corrected chi connectivity index (χ2v) is 6.92. The smallest absolute Gasteiger partial charge is 0.129 e. The predicted octanol–water partition coefficient (Wildman–Crippen LogP) is 3.21. The highest BCUT2D eigenvalue weighted by Crippen LogP contribution is 2.37. The molecule has 0 amide bonds. The van der Waals surface area contributed by atoms with Crippen LogP contribution in [0.4, 0.5) is 5.82 Å². The maximum Gasteiger partial charge on any atom is 0.129 e. The minimum Gasteiger partial charge on any atom is -0.383 e. The number of pyridine rings is 1. The SMILES string of the molecule is Cn1ncc(-c2cc(Sc3ccccc3C#N)c3c(C#N)cnn3c2)c1N. The van der Waals surface area contributed by atoms with Crippen LogP contribution in [0, 0.1) is 22.7 Å². The molecule has 0 bridgehead atoms. The Bertz CT molecular complexity index is 1250. The van der Waals surface area contributed by atoms with E-state index >= 15 is 0 Å². The summed E-state index contributed by atoms with van der Waals surface area (Å²) in [7, 11) is 1.78. The second kappa shape index (κ2) is 6.52. The van der Waals surface area contributed by atoms with E-state index in [1.807, 2.05) is 30.5 Å². The highest BCUT2D eigenvalue weighted by atomic mass is 32.2. The summed E-state index contributed by atoms with van der Waals surface area (Å²) >= 11 is 1.42.